The number of nitrogens with zero attached hydrogens (tertiary/aromatic N) is 2. The van der Waals surface area contributed by atoms with Crippen LogP contribution in [0.5, 0.6) is 0 Å². The fraction of sp³-hybridized carbons (Fsp3) is 0.824. The van der Waals surface area contributed by atoms with Crippen LogP contribution in [-0.2, 0) is 6.54 Å². The summed E-state index contributed by atoms with van der Waals surface area (Å²) >= 11 is 0. The number of hydrogen-bond acceptors (Lipinski definition) is 4. The topological polar surface area (TPSA) is 41.3 Å². The van der Waals surface area contributed by atoms with E-state index in [-0.39, 0.29) is 0 Å². The Kier molecular flexibility index (Phi) is 4.36. The van der Waals surface area contributed by atoms with Gasteiger partial charge in [0.25, 0.3) is 0 Å². The molecular formula is C17H29N3O. The lowest BCUT2D eigenvalue weighted by Crippen LogP contribution is -2.58. The van der Waals surface area contributed by atoms with E-state index in [4.69, 9.17) is 4.52 Å². The molecule has 0 aromatic carbocycles. The van der Waals surface area contributed by atoms with Gasteiger partial charge in [-0.05, 0) is 52.4 Å². The Morgan fingerprint density at radius 2 is 1.90 bits per heavy atom. The third-order valence-electron chi connectivity index (χ3n) is 5.53. The van der Waals surface area contributed by atoms with E-state index >= 15 is 0 Å². The number of piperidine rings is 1. The molecule has 2 bridgehead atoms. The number of hydrogen-bond donors (Lipinski definition) is 1. The first-order valence-electron chi connectivity index (χ1n) is 8.45. The van der Waals surface area contributed by atoms with Gasteiger partial charge in [-0.15, -0.1) is 0 Å². The second kappa shape index (κ2) is 6.09. The van der Waals surface area contributed by atoms with Gasteiger partial charge in [0.1, 0.15) is 5.76 Å². The monoisotopic (exact) mass is 291 g/mol. The van der Waals surface area contributed by atoms with Crippen LogP contribution in [0.3, 0.4) is 0 Å². The SMILES string of the molecule is Cc1noc(C)c1CNC1C2CCCC1CN(C(C)C)C2. The van der Waals surface area contributed by atoms with Crippen molar-refractivity contribution in [1.82, 2.24) is 15.4 Å². The molecule has 4 heteroatoms. The van der Waals surface area contributed by atoms with Crippen molar-refractivity contribution in [2.45, 2.75) is 65.6 Å². The smallest absolute Gasteiger partial charge is 0.138 e. The molecule has 21 heavy (non-hydrogen) atoms. The van der Waals surface area contributed by atoms with Gasteiger partial charge in [0, 0.05) is 37.3 Å². The standard InChI is InChI=1S/C17H29N3O/c1-11(2)20-9-14-6-5-7-15(10-20)17(14)18-8-16-12(3)19-21-13(16)4/h11,14-15,17-18H,5-10H2,1-4H3. The summed E-state index contributed by atoms with van der Waals surface area (Å²) in [7, 11) is 0. The number of fused-ring (bicyclic) bond motifs is 2. The first-order valence-corrected chi connectivity index (χ1v) is 8.45. The fourth-order valence-electron chi connectivity index (χ4n) is 4.20. The van der Waals surface area contributed by atoms with Gasteiger partial charge < -0.3 is 14.7 Å². The lowest BCUT2D eigenvalue weighted by Gasteiger charge is -2.49. The van der Waals surface area contributed by atoms with Crippen molar-refractivity contribution in [1.29, 1.82) is 0 Å². The summed E-state index contributed by atoms with van der Waals surface area (Å²) in [5.41, 5.74) is 2.28. The number of likely N-dealkylation sites (tertiary alicyclic amines) is 1. The minimum Gasteiger partial charge on any atom is -0.361 e. The predicted octanol–water partition coefficient (Wildman–Crippen LogP) is 2.89. The molecule has 1 saturated heterocycles. The van der Waals surface area contributed by atoms with Crippen LogP contribution in [0.1, 0.15) is 50.1 Å². The molecule has 2 atom stereocenters. The lowest BCUT2D eigenvalue weighted by atomic mass is 9.73. The van der Waals surface area contributed by atoms with E-state index < -0.39 is 0 Å². The highest BCUT2D eigenvalue weighted by Crippen LogP contribution is 2.36. The summed E-state index contributed by atoms with van der Waals surface area (Å²) in [6.45, 7) is 12.1. The summed E-state index contributed by atoms with van der Waals surface area (Å²) in [6.07, 6.45) is 4.16. The molecule has 118 valence electrons. The Labute approximate surface area is 128 Å². The Balaban J connectivity index is 1.66. The highest BCUT2D eigenvalue weighted by atomic mass is 16.5. The van der Waals surface area contributed by atoms with Crippen LogP contribution < -0.4 is 5.32 Å². The summed E-state index contributed by atoms with van der Waals surface area (Å²) in [5.74, 6) is 2.57. The summed E-state index contributed by atoms with van der Waals surface area (Å²) in [4.78, 5) is 2.67. The van der Waals surface area contributed by atoms with E-state index in [0.29, 0.717) is 12.1 Å². The minimum atomic E-state index is 0.669. The predicted molar refractivity (Wildman–Crippen MR) is 84.1 cm³/mol. The Morgan fingerprint density at radius 3 is 2.43 bits per heavy atom. The third-order valence-corrected chi connectivity index (χ3v) is 5.53. The lowest BCUT2D eigenvalue weighted by molar-refractivity contribution is 0.0289. The maximum atomic E-state index is 5.28. The molecule has 1 aliphatic carbocycles. The largest absolute Gasteiger partial charge is 0.361 e. The van der Waals surface area contributed by atoms with Crippen LogP contribution >= 0.6 is 0 Å². The Hall–Kier alpha value is -0.870. The van der Waals surface area contributed by atoms with Crippen LogP contribution in [0, 0.1) is 25.7 Å². The van der Waals surface area contributed by atoms with Crippen LogP contribution in [0.4, 0.5) is 0 Å². The van der Waals surface area contributed by atoms with E-state index in [1.165, 1.54) is 37.9 Å². The zero-order valence-corrected chi connectivity index (χ0v) is 13.9. The average Bonchev–Trinajstić information content (AvgIpc) is 2.74. The van der Waals surface area contributed by atoms with E-state index in [1.54, 1.807) is 0 Å². The minimum absolute atomic E-state index is 0.669. The van der Waals surface area contributed by atoms with E-state index in [0.717, 1.165) is 29.8 Å². The van der Waals surface area contributed by atoms with E-state index in [2.05, 4.69) is 29.2 Å². The molecule has 1 saturated carbocycles. The van der Waals surface area contributed by atoms with Crippen LogP contribution in [-0.4, -0.2) is 35.2 Å². The van der Waals surface area contributed by atoms with Crippen LogP contribution in [0.15, 0.2) is 4.52 Å². The second-order valence-corrected chi connectivity index (χ2v) is 7.21. The van der Waals surface area contributed by atoms with Gasteiger partial charge in [-0.25, -0.2) is 0 Å². The molecule has 0 radical (unpaired) electrons. The molecule has 0 amide bonds. The molecule has 1 aromatic heterocycles. The Morgan fingerprint density at radius 1 is 1.24 bits per heavy atom. The molecule has 2 heterocycles. The van der Waals surface area contributed by atoms with Crippen molar-refractivity contribution in [3.05, 3.63) is 17.0 Å². The fourth-order valence-corrected chi connectivity index (χ4v) is 4.20. The van der Waals surface area contributed by atoms with E-state index in [9.17, 15) is 0 Å². The molecule has 1 N–H and O–H groups in total. The maximum Gasteiger partial charge on any atom is 0.138 e. The van der Waals surface area contributed by atoms with Crippen molar-refractivity contribution in [2.75, 3.05) is 13.1 Å². The molecule has 0 spiro atoms. The van der Waals surface area contributed by atoms with Gasteiger partial charge in [0.05, 0.1) is 5.69 Å². The van der Waals surface area contributed by atoms with Gasteiger partial charge in [-0.3, -0.25) is 0 Å². The number of aromatic nitrogens is 1. The first kappa shape index (κ1) is 15.0. The van der Waals surface area contributed by atoms with Crippen LogP contribution in [0.2, 0.25) is 0 Å². The molecule has 1 aliphatic heterocycles. The van der Waals surface area contributed by atoms with Gasteiger partial charge in [-0.2, -0.15) is 0 Å². The van der Waals surface area contributed by atoms with Crippen molar-refractivity contribution >= 4 is 0 Å². The van der Waals surface area contributed by atoms with Gasteiger partial charge >= 0.3 is 0 Å². The van der Waals surface area contributed by atoms with Gasteiger partial charge in [0.15, 0.2) is 0 Å². The number of rotatable bonds is 4. The third kappa shape index (κ3) is 3.02. The average molecular weight is 291 g/mol. The molecule has 2 aliphatic rings. The zero-order valence-electron chi connectivity index (χ0n) is 13.9. The molecule has 2 unspecified atom stereocenters. The highest BCUT2D eigenvalue weighted by molar-refractivity contribution is 5.20. The van der Waals surface area contributed by atoms with Crippen molar-refractivity contribution in [3.63, 3.8) is 0 Å². The van der Waals surface area contributed by atoms with Gasteiger partial charge in [0.2, 0.25) is 0 Å². The highest BCUT2D eigenvalue weighted by Gasteiger charge is 2.39. The normalized spacial score (nSPS) is 30.0. The maximum absolute atomic E-state index is 5.28. The second-order valence-electron chi connectivity index (χ2n) is 7.21. The summed E-state index contributed by atoms with van der Waals surface area (Å²) in [6, 6.07) is 1.35. The van der Waals surface area contributed by atoms with Crippen LogP contribution in [0.25, 0.3) is 0 Å². The first-order chi connectivity index (χ1) is 10.1. The quantitative estimate of drug-likeness (QED) is 0.926. The molecule has 2 fully saturated rings. The zero-order chi connectivity index (χ0) is 15.0. The van der Waals surface area contributed by atoms with Crippen molar-refractivity contribution in [3.8, 4) is 0 Å². The van der Waals surface area contributed by atoms with Crippen molar-refractivity contribution in [2.24, 2.45) is 11.8 Å². The van der Waals surface area contributed by atoms with Crippen molar-refractivity contribution < 1.29 is 4.52 Å². The summed E-state index contributed by atoms with van der Waals surface area (Å²) in [5, 5.41) is 7.90. The number of aryl methyl sites for hydroxylation is 2. The summed E-state index contributed by atoms with van der Waals surface area (Å²) < 4.78 is 5.28. The molecular weight excluding hydrogens is 262 g/mol. The molecule has 4 nitrogen and oxygen atoms in total. The van der Waals surface area contributed by atoms with Gasteiger partial charge in [-0.1, -0.05) is 11.6 Å². The molecule has 3 rings (SSSR count). The van der Waals surface area contributed by atoms with E-state index in [1.807, 2.05) is 13.8 Å². The Bertz CT molecular complexity index is 449. The number of nitrogens with one attached hydrogen (secondary N) is 1. The molecule has 1 aromatic rings.